The van der Waals surface area contributed by atoms with Crippen LogP contribution in [0.1, 0.15) is 82.6 Å². The van der Waals surface area contributed by atoms with Crippen molar-refractivity contribution in [1.29, 1.82) is 0 Å². The molecule has 0 radical (unpaired) electrons. The molecule has 0 bridgehead atoms. The summed E-state index contributed by atoms with van der Waals surface area (Å²) in [5.41, 5.74) is 1.50. The normalized spacial score (nSPS) is 21.7. The zero-order valence-corrected chi connectivity index (χ0v) is 19.5. The van der Waals surface area contributed by atoms with Gasteiger partial charge in [0.25, 0.3) is 0 Å². The van der Waals surface area contributed by atoms with Gasteiger partial charge in [-0.2, -0.15) is 0 Å². The summed E-state index contributed by atoms with van der Waals surface area (Å²) in [4.78, 5) is 10.9. The molecule has 2 aliphatic carbocycles. The molecule has 2 fully saturated rings. The SMILES string of the molecule is CC#CC(CC(=O)[O-])c1ccc(OCC2CCCC3(CCCCC3)C2)cc1.[Na+]. The van der Waals surface area contributed by atoms with Gasteiger partial charge in [0.15, 0.2) is 0 Å². The summed E-state index contributed by atoms with van der Waals surface area (Å²) in [7, 11) is 0. The molecule has 1 aromatic rings. The Morgan fingerprint density at radius 3 is 2.50 bits per heavy atom. The summed E-state index contributed by atoms with van der Waals surface area (Å²) < 4.78 is 6.09. The Hall–Kier alpha value is -0.950. The number of carboxylic acid groups (broad SMARTS) is 1. The summed E-state index contributed by atoms with van der Waals surface area (Å²) in [6.07, 6.45) is 12.3. The van der Waals surface area contributed by atoms with Crippen LogP contribution in [0.15, 0.2) is 24.3 Å². The molecular weight excluding hydrogens is 359 g/mol. The minimum absolute atomic E-state index is 0. The Bertz CT molecular complexity index is 675. The third-order valence-electron chi connectivity index (χ3n) is 6.41. The van der Waals surface area contributed by atoms with Crippen molar-refractivity contribution in [2.45, 2.75) is 77.0 Å². The van der Waals surface area contributed by atoms with Crippen molar-refractivity contribution in [3.05, 3.63) is 29.8 Å². The smallest absolute Gasteiger partial charge is 0.550 e. The molecule has 2 atom stereocenters. The number of hydrogen-bond donors (Lipinski definition) is 0. The van der Waals surface area contributed by atoms with Crippen LogP contribution in [0.5, 0.6) is 5.75 Å². The molecule has 0 saturated heterocycles. The average Bonchev–Trinajstić information content (AvgIpc) is 2.67. The Morgan fingerprint density at radius 2 is 1.86 bits per heavy atom. The van der Waals surface area contributed by atoms with Gasteiger partial charge in [-0.25, -0.2) is 0 Å². The number of aliphatic carboxylic acids is 1. The van der Waals surface area contributed by atoms with Crippen molar-refractivity contribution >= 4 is 5.97 Å². The molecule has 2 saturated carbocycles. The van der Waals surface area contributed by atoms with Crippen LogP contribution in [0.2, 0.25) is 0 Å². The second-order valence-electron chi connectivity index (χ2n) is 8.43. The van der Waals surface area contributed by atoms with Gasteiger partial charge in [-0.3, -0.25) is 0 Å². The Balaban J connectivity index is 0.00000280. The first-order valence-electron chi connectivity index (χ1n) is 10.5. The average molecular weight is 390 g/mol. The number of ether oxygens (including phenoxy) is 1. The van der Waals surface area contributed by atoms with Crippen molar-refractivity contribution in [3.8, 4) is 17.6 Å². The van der Waals surface area contributed by atoms with E-state index in [1.165, 1.54) is 57.8 Å². The molecule has 0 heterocycles. The molecule has 0 amide bonds. The maximum atomic E-state index is 10.9. The monoisotopic (exact) mass is 390 g/mol. The molecule has 0 aliphatic heterocycles. The van der Waals surface area contributed by atoms with E-state index in [0.29, 0.717) is 11.3 Å². The third kappa shape index (κ3) is 6.55. The number of carbonyl (C=O) groups is 1. The van der Waals surface area contributed by atoms with E-state index in [0.717, 1.165) is 17.9 Å². The number of carbonyl (C=O) groups excluding carboxylic acids is 1. The van der Waals surface area contributed by atoms with Gasteiger partial charge < -0.3 is 14.6 Å². The van der Waals surface area contributed by atoms with E-state index >= 15 is 0 Å². The van der Waals surface area contributed by atoms with E-state index in [9.17, 15) is 9.90 Å². The molecular formula is C24H31NaO3. The molecule has 2 aliphatic rings. The number of carboxylic acids is 1. The fourth-order valence-electron chi connectivity index (χ4n) is 5.08. The van der Waals surface area contributed by atoms with Gasteiger partial charge >= 0.3 is 29.6 Å². The largest absolute Gasteiger partial charge is 1.00 e. The van der Waals surface area contributed by atoms with Gasteiger partial charge in [0, 0.05) is 12.4 Å². The van der Waals surface area contributed by atoms with Crippen LogP contribution in [-0.4, -0.2) is 12.6 Å². The van der Waals surface area contributed by atoms with Crippen molar-refractivity contribution < 1.29 is 44.2 Å². The van der Waals surface area contributed by atoms with Crippen molar-refractivity contribution in [2.24, 2.45) is 11.3 Å². The second kappa shape index (κ2) is 11.3. The van der Waals surface area contributed by atoms with Crippen LogP contribution in [0.25, 0.3) is 0 Å². The van der Waals surface area contributed by atoms with Crippen LogP contribution >= 0.6 is 0 Å². The van der Waals surface area contributed by atoms with E-state index in [1.54, 1.807) is 6.92 Å². The molecule has 4 heteroatoms. The molecule has 3 rings (SSSR count). The van der Waals surface area contributed by atoms with Crippen molar-refractivity contribution in [3.63, 3.8) is 0 Å². The molecule has 0 aromatic heterocycles. The molecule has 0 N–H and O–H groups in total. The fourth-order valence-corrected chi connectivity index (χ4v) is 5.08. The van der Waals surface area contributed by atoms with Crippen LogP contribution < -0.4 is 39.4 Å². The molecule has 28 heavy (non-hydrogen) atoms. The van der Waals surface area contributed by atoms with Crippen molar-refractivity contribution in [1.82, 2.24) is 0 Å². The van der Waals surface area contributed by atoms with E-state index in [4.69, 9.17) is 4.74 Å². The van der Waals surface area contributed by atoms with Gasteiger partial charge in [-0.15, -0.1) is 5.92 Å². The zero-order chi connectivity index (χ0) is 19.1. The Morgan fingerprint density at radius 1 is 1.18 bits per heavy atom. The first kappa shape index (κ1) is 23.3. The quantitative estimate of drug-likeness (QED) is 0.546. The van der Waals surface area contributed by atoms with Crippen LogP contribution in [0.3, 0.4) is 0 Å². The van der Waals surface area contributed by atoms with Crippen LogP contribution in [0.4, 0.5) is 0 Å². The van der Waals surface area contributed by atoms with Gasteiger partial charge in [0.1, 0.15) is 5.75 Å². The van der Waals surface area contributed by atoms with Crippen molar-refractivity contribution in [2.75, 3.05) is 6.61 Å². The zero-order valence-electron chi connectivity index (χ0n) is 17.5. The Kier molecular flexibility index (Phi) is 9.41. The summed E-state index contributed by atoms with van der Waals surface area (Å²) in [5.74, 6) is 5.89. The number of hydrogen-bond acceptors (Lipinski definition) is 3. The summed E-state index contributed by atoms with van der Waals surface area (Å²) in [6.45, 7) is 2.52. The van der Waals surface area contributed by atoms with E-state index < -0.39 is 5.97 Å². The minimum Gasteiger partial charge on any atom is -0.550 e. The predicted octanol–water partition coefficient (Wildman–Crippen LogP) is 1.46. The summed E-state index contributed by atoms with van der Waals surface area (Å²) in [5, 5.41) is 10.9. The fraction of sp³-hybridized carbons (Fsp3) is 0.625. The standard InChI is InChI=1S/C24H32O3.Na/c1-2-7-21(16-23(25)26)20-9-11-22(12-10-20)27-18-19-8-6-15-24(17-19)13-4-3-5-14-24;/h9-12,19,21H,3-6,8,13-18H2,1H3,(H,25,26);/q;+1/p-1. The van der Waals surface area contributed by atoms with Gasteiger partial charge in [-0.1, -0.05) is 43.7 Å². The first-order chi connectivity index (χ1) is 13.1. The maximum absolute atomic E-state index is 10.9. The molecule has 1 aromatic carbocycles. The predicted molar refractivity (Wildman–Crippen MR) is 105 cm³/mol. The van der Waals surface area contributed by atoms with Gasteiger partial charge in [0.2, 0.25) is 0 Å². The molecule has 3 nitrogen and oxygen atoms in total. The van der Waals surface area contributed by atoms with E-state index in [1.807, 2.05) is 24.3 Å². The van der Waals surface area contributed by atoms with E-state index in [2.05, 4.69) is 11.8 Å². The summed E-state index contributed by atoms with van der Waals surface area (Å²) >= 11 is 0. The van der Waals surface area contributed by atoms with E-state index in [-0.39, 0.29) is 41.9 Å². The minimum atomic E-state index is -1.07. The van der Waals surface area contributed by atoms with Gasteiger partial charge in [-0.05, 0) is 68.1 Å². The number of rotatable bonds is 6. The molecule has 1 spiro atoms. The molecule has 146 valence electrons. The number of benzene rings is 1. The Labute approximate surface area is 191 Å². The van der Waals surface area contributed by atoms with Crippen LogP contribution in [-0.2, 0) is 4.79 Å². The summed E-state index contributed by atoms with van der Waals surface area (Å²) in [6, 6.07) is 7.73. The maximum Gasteiger partial charge on any atom is 1.00 e. The second-order valence-corrected chi connectivity index (χ2v) is 8.43. The van der Waals surface area contributed by atoms with Crippen LogP contribution in [0, 0.1) is 23.2 Å². The third-order valence-corrected chi connectivity index (χ3v) is 6.41. The first-order valence-corrected chi connectivity index (χ1v) is 10.5. The van der Waals surface area contributed by atoms with Gasteiger partial charge in [0.05, 0.1) is 12.5 Å². The molecule has 2 unspecified atom stereocenters. The topological polar surface area (TPSA) is 49.4 Å².